The average molecular weight is 395 g/mol. The van der Waals surface area contributed by atoms with Crippen molar-refractivity contribution in [1.82, 2.24) is 10.5 Å². The fourth-order valence-corrected chi connectivity index (χ4v) is 2.46. The number of ether oxygens (including phenoxy) is 1. The summed E-state index contributed by atoms with van der Waals surface area (Å²) in [7, 11) is 0. The molecular weight excluding hydrogens is 380 g/mol. The highest BCUT2D eigenvalue weighted by atomic mass is 19.1. The lowest BCUT2D eigenvalue weighted by Gasteiger charge is -2.09. The zero-order valence-electron chi connectivity index (χ0n) is 15.1. The number of carbonyl (C=O) groups is 1. The van der Waals surface area contributed by atoms with E-state index < -0.39 is 11.7 Å². The van der Waals surface area contributed by atoms with Gasteiger partial charge in [-0.3, -0.25) is 14.6 Å². The third kappa shape index (κ3) is 5.57. The topological polar surface area (TPSA) is 84.2 Å². The summed E-state index contributed by atoms with van der Waals surface area (Å²) in [4.78, 5) is 21.2. The molecule has 0 saturated heterocycles. The molecule has 0 aliphatic heterocycles. The average Bonchev–Trinajstić information content (AvgIpc) is 2.73. The van der Waals surface area contributed by atoms with Crippen LogP contribution in [0.4, 0.5) is 8.78 Å². The SMILES string of the molecule is N#Cc1cc(F)cc(OCCONC(=O)c2cc(-c3ccc(F)cc3)ccn2)c1. The molecule has 3 aromatic rings. The van der Waals surface area contributed by atoms with Gasteiger partial charge in [0.05, 0.1) is 11.6 Å². The molecule has 0 unspecified atom stereocenters. The Morgan fingerprint density at radius 3 is 2.55 bits per heavy atom. The minimum Gasteiger partial charge on any atom is -0.491 e. The largest absolute Gasteiger partial charge is 0.491 e. The van der Waals surface area contributed by atoms with Crippen LogP contribution in [0.5, 0.6) is 5.75 Å². The van der Waals surface area contributed by atoms with Crippen LogP contribution in [-0.2, 0) is 4.84 Å². The number of carbonyl (C=O) groups excluding carboxylic acids is 1. The van der Waals surface area contributed by atoms with Crippen LogP contribution in [0.15, 0.2) is 60.8 Å². The molecule has 1 heterocycles. The number of nitrogens with zero attached hydrogens (tertiary/aromatic N) is 2. The molecule has 0 aliphatic carbocycles. The van der Waals surface area contributed by atoms with Gasteiger partial charge in [-0.05, 0) is 47.5 Å². The zero-order chi connectivity index (χ0) is 20.6. The number of benzene rings is 2. The molecule has 0 aliphatic rings. The van der Waals surface area contributed by atoms with Gasteiger partial charge in [0.25, 0.3) is 5.91 Å². The van der Waals surface area contributed by atoms with Gasteiger partial charge in [0.1, 0.15) is 36.3 Å². The Balaban J connectivity index is 1.50. The summed E-state index contributed by atoms with van der Waals surface area (Å²) in [5.41, 5.74) is 3.94. The lowest BCUT2D eigenvalue weighted by Crippen LogP contribution is -2.26. The van der Waals surface area contributed by atoms with Crippen molar-refractivity contribution in [2.75, 3.05) is 13.2 Å². The van der Waals surface area contributed by atoms with Crippen LogP contribution in [0.2, 0.25) is 0 Å². The second kappa shape index (κ2) is 9.39. The highest BCUT2D eigenvalue weighted by Gasteiger charge is 2.09. The molecule has 146 valence electrons. The smallest absolute Gasteiger partial charge is 0.293 e. The lowest BCUT2D eigenvalue weighted by molar-refractivity contribution is 0.0196. The first kappa shape index (κ1) is 19.9. The Labute approximate surface area is 165 Å². The van der Waals surface area contributed by atoms with Crippen molar-refractivity contribution in [1.29, 1.82) is 5.26 Å². The molecule has 0 saturated carbocycles. The highest BCUT2D eigenvalue weighted by molar-refractivity contribution is 5.92. The standard InChI is InChI=1S/C21H15F2N3O3/c22-17-3-1-15(2-4-17)16-5-6-25-20(11-16)21(27)26-29-8-7-28-19-10-14(13-24)9-18(23)12-19/h1-6,9-12H,7-8H2,(H,26,27). The molecule has 6 nitrogen and oxygen atoms in total. The molecular formula is C21H15F2N3O3. The minimum absolute atomic E-state index is 0.0121. The summed E-state index contributed by atoms with van der Waals surface area (Å²) in [5, 5.41) is 8.80. The van der Waals surface area contributed by atoms with E-state index in [2.05, 4.69) is 10.5 Å². The fourth-order valence-electron chi connectivity index (χ4n) is 2.46. The van der Waals surface area contributed by atoms with Crippen molar-refractivity contribution in [2.45, 2.75) is 0 Å². The molecule has 1 amide bonds. The van der Waals surface area contributed by atoms with Crippen LogP contribution < -0.4 is 10.2 Å². The van der Waals surface area contributed by atoms with E-state index in [1.165, 1.54) is 24.4 Å². The molecule has 0 radical (unpaired) electrons. The van der Waals surface area contributed by atoms with Gasteiger partial charge in [-0.15, -0.1) is 0 Å². The molecule has 0 atom stereocenters. The molecule has 29 heavy (non-hydrogen) atoms. The van der Waals surface area contributed by atoms with Crippen molar-refractivity contribution in [3.63, 3.8) is 0 Å². The maximum Gasteiger partial charge on any atom is 0.293 e. The number of pyridine rings is 1. The molecule has 3 rings (SSSR count). The third-order valence-electron chi connectivity index (χ3n) is 3.79. The van der Waals surface area contributed by atoms with Gasteiger partial charge in [0.2, 0.25) is 0 Å². The summed E-state index contributed by atoms with van der Waals surface area (Å²) in [6, 6.07) is 14.6. The van der Waals surface area contributed by atoms with Crippen molar-refractivity contribution < 1.29 is 23.1 Å². The van der Waals surface area contributed by atoms with E-state index in [1.54, 1.807) is 24.3 Å². The molecule has 0 spiro atoms. The van der Waals surface area contributed by atoms with E-state index in [0.717, 1.165) is 17.7 Å². The van der Waals surface area contributed by atoms with E-state index >= 15 is 0 Å². The second-order valence-electron chi connectivity index (χ2n) is 5.85. The predicted molar refractivity (Wildman–Crippen MR) is 99.7 cm³/mol. The quantitative estimate of drug-likeness (QED) is 0.488. The fraction of sp³-hybridized carbons (Fsp3) is 0.0952. The number of nitriles is 1. The molecule has 2 aromatic carbocycles. The Kier molecular flexibility index (Phi) is 6.45. The van der Waals surface area contributed by atoms with E-state index in [4.69, 9.17) is 14.8 Å². The van der Waals surface area contributed by atoms with Crippen LogP contribution in [0.25, 0.3) is 11.1 Å². The summed E-state index contributed by atoms with van der Waals surface area (Å²) in [6.45, 7) is 0.0133. The van der Waals surface area contributed by atoms with Gasteiger partial charge < -0.3 is 4.74 Å². The second-order valence-corrected chi connectivity index (χ2v) is 5.85. The van der Waals surface area contributed by atoms with Crippen LogP contribution in [0, 0.1) is 23.0 Å². The van der Waals surface area contributed by atoms with Crippen LogP contribution in [0.3, 0.4) is 0 Å². The van der Waals surface area contributed by atoms with Crippen molar-refractivity contribution in [2.24, 2.45) is 0 Å². The third-order valence-corrected chi connectivity index (χ3v) is 3.79. The Morgan fingerprint density at radius 1 is 1.00 bits per heavy atom. The van der Waals surface area contributed by atoms with Gasteiger partial charge >= 0.3 is 0 Å². The van der Waals surface area contributed by atoms with Gasteiger partial charge in [-0.1, -0.05) is 12.1 Å². The number of amides is 1. The maximum atomic E-state index is 13.3. The Morgan fingerprint density at radius 2 is 1.79 bits per heavy atom. The van der Waals surface area contributed by atoms with Crippen molar-refractivity contribution in [3.8, 4) is 22.9 Å². The number of hydrogen-bond donors (Lipinski definition) is 1. The van der Waals surface area contributed by atoms with E-state index in [0.29, 0.717) is 5.56 Å². The maximum absolute atomic E-state index is 13.3. The van der Waals surface area contributed by atoms with Gasteiger partial charge in [-0.2, -0.15) is 5.26 Å². The van der Waals surface area contributed by atoms with Gasteiger partial charge in [0.15, 0.2) is 0 Å². The molecule has 0 fully saturated rings. The van der Waals surface area contributed by atoms with Crippen LogP contribution in [-0.4, -0.2) is 24.1 Å². The van der Waals surface area contributed by atoms with Gasteiger partial charge in [-0.25, -0.2) is 14.3 Å². The molecule has 1 N–H and O–H groups in total. The van der Waals surface area contributed by atoms with E-state index in [-0.39, 0.29) is 36.0 Å². The predicted octanol–water partition coefficient (Wildman–Crippen LogP) is 3.64. The summed E-state index contributed by atoms with van der Waals surface area (Å²) >= 11 is 0. The van der Waals surface area contributed by atoms with E-state index in [9.17, 15) is 13.6 Å². The Hall–Kier alpha value is -3.83. The number of hydrogen-bond acceptors (Lipinski definition) is 5. The van der Waals surface area contributed by atoms with E-state index in [1.807, 2.05) is 6.07 Å². The molecule has 0 bridgehead atoms. The minimum atomic E-state index is -0.583. The Bertz CT molecular complexity index is 1050. The monoisotopic (exact) mass is 395 g/mol. The number of aromatic nitrogens is 1. The number of halogens is 2. The summed E-state index contributed by atoms with van der Waals surface area (Å²) < 4.78 is 31.6. The van der Waals surface area contributed by atoms with Crippen molar-refractivity contribution in [3.05, 3.63) is 83.7 Å². The summed E-state index contributed by atoms with van der Waals surface area (Å²) in [6.07, 6.45) is 1.47. The zero-order valence-corrected chi connectivity index (χ0v) is 15.1. The van der Waals surface area contributed by atoms with Crippen LogP contribution >= 0.6 is 0 Å². The lowest BCUT2D eigenvalue weighted by atomic mass is 10.1. The first-order chi connectivity index (χ1) is 14.0. The normalized spacial score (nSPS) is 10.2. The summed E-state index contributed by atoms with van der Waals surface area (Å²) in [5.74, 6) is -1.31. The van der Waals surface area contributed by atoms with Gasteiger partial charge in [0, 0.05) is 12.3 Å². The number of hydroxylamine groups is 1. The number of nitrogens with one attached hydrogen (secondary N) is 1. The highest BCUT2D eigenvalue weighted by Crippen LogP contribution is 2.20. The first-order valence-electron chi connectivity index (χ1n) is 8.53. The molecule has 8 heteroatoms. The van der Waals surface area contributed by atoms with Crippen molar-refractivity contribution >= 4 is 5.91 Å². The number of rotatable bonds is 7. The first-order valence-corrected chi connectivity index (χ1v) is 8.53. The van der Waals surface area contributed by atoms with Crippen LogP contribution in [0.1, 0.15) is 16.1 Å². The molecule has 1 aromatic heterocycles.